The second-order valence-corrected chi connectivity index (χ2v) is 9.01. The van der Waals surface area contributed by atoms with Gasteiger partial charge in [-0.3, -0.25) is 9.59 Å². The maximum atomic E-state index is 13.8. The fourth-order valence-electron chi connectivity index (χ4n) is 4.35. The van der Waals surface area contributed by atoms with Crippen molar-refractivity contribution in [3.63, 3.8) is 0 Å². The summed E-state index contributed by atoms with van der Waals surface area (Å²) in [6.07, 6.45) is 1.48. The fourth-order valence-corrected chi connectivity index (χ4v) is 4.85. The van der Waals surface area contributed by atoms with Crippen molar-refractivity contribution in [1.82, 2.24) is 14.8 Å². The predicted molar refractivity (Wildman–Crippen MR) is 132 cm³/mol. The molecule has 6 nitrogen and oxygen atoms in total. The van der Waals surface area contributed by atoms with Crippen LogP contribution in [0.25, 0.3) is 22.2 Å². The zero-order chi connectivity index (χ0) is 23.8. The van der Waals surface area contributed by atoms with Gasteiger partial charge in [-0.05, 0) is 48.9 Å². The number of nitrogens with zero attached hydrogens (tertiary/aromatic N) is 3. The molecule has 2 aromatic heterocycles. The van der Waals surface area contributed by atoms with Crippen molar-refractivity contribution in [1.29, 1.82) is 0 Å². The minimum atomic E-state index is -0.165. The molecule has 1 aliphatic heterocycles. The van der Waals surface area contributed by atoms with Crippen molar-refractivity contribution in [2.45, 2.75) is 6.92 Å². The van der Waals surface area contributed by atoms with Gasteiger partial charge in [0.1, 0.15) is 0 Å². The van der Waals surface area contributed by atoms with E-state index in [-0.39, 0.29) is 11.8 Å². The molecule has 8 heteroatoms. The van der Waals surface area contributed by atoms with Gasteiger partial charge >= 0.3 is 0 Å². The Labute approximate surface area is 206 Å². The molecule has 172 valence electrons. The summed E-state index contributed by atoms with van der Waals surface area (Å²) >= 11 is 12.6. The van der Waals surface area contributed by atoms with E-state index in [4.69, 9.17) is 32.6 Å². The van der Waals surface area contributed by atoms with Crippen molar-refractivity contribution in [3.05, 3.63) is 87.8 Å². The first-order valence-electron chi connectivity index (χ1n) is 10.9. The van der Waals surface area contributed by atoms with Crippen molar-refractivity contribution < 1.29 is 14.0 Å². The molecule has 0 saturated carbocycles. The number of hydrogen-bond donors (Lipinski definition) is 0. The van der Waals surface area contributed by atoms with Crippen LogP contribution in [0.4, 0.5) is 0 Å². The highest BCUT2D eigenvalue weighted by molar-refractivity contribution is 6.36. The molecule has 0 aliphatic carbocycles. The number of para-hydroxylation sites is 1. The Morgan fingerprint density at radius 3 is 2.29 bits per heavy atom. The first-order chi connectivity index (χ1) is 16.4. The lowest BCUT2D eigenvalue weighted by Gasteiger charge is -2.35. The summed E-state index contributed by atoms with van der Waals surface area (Å²) in [5.74, 6) is 0.0510. The van der Waals surface area contributed by atoms with E-state index in [0.717, 1.165) is 16.5 Å². The first-order valence-corrected chi connectivity index (χ1v) is 11.7. The SMILES string of the molecule is Cc1c(-c2ccc(Cl)cc2Cl)nc2ccccc2c1C(=O)N1CCN(C(=O)c2ccco2)CC1. The molecule has 3 heterocycles. The van der Waals surface area contributed by atoms with Gasteiger partial charge in [-0.1, -0.05) is 41.4 Å². The molecular weight excluding hydrogens is 473 g/mol. The van der Waals surface area contributed by atoms with Gasteiger partial charge in [-0.2, -0.15) is 0 Å². The highest BCUT2D eigenvalue weighted by atomic mass is 35.5. The molecule has 0 spiro atoms. The quantitative estimate of drug-likeness (QED) is 0.366. The average Bonchev–Trinajstić information content (AvgIpc) is 3.38. The second-order valence-electron chi connectivity index (χ2n) is 8.16. The highest BCUT2D eigenvalue weighted by Crippen LogP contribution is 2.35. The van der Waals surface area contributed by atoms with Crippen LogP contribution in [0.5, 0.6) is 0 Å². The van der Waals surface area contributed by atoms with Crippen molar-refractivity contribution >= 4 is 45.9 Å². The minimum Gasteiger partial charge on any atom is -0.459 e. The molecule has 0 bridgehead atoms. The standard InChI is InChI=1S/C26H21Cl2N3O3/c1-16-23(26(33)31-12-10-30(11-13-31)25(32)22-7-4-14-34-22)19-5-2-3-6-21(19)29-24(16)18-9-8-17(27)15-20(18)28/h2-9,14-15H,10-13H2,1H3. The molecule has 0 unspecified atom stereocenters. The predicted octanol–water partition coefficient (Wildman–Crippen LogP) is 5.71. The zero-order valence-corrected chi connectivity index (χ0v) is 19.9. The number of fused-ring (bicyclic) bond motifs is 1. The Morgan fingerprint density at radius 2 is 1.62 bits per heavy atom. The van der Waals surface area contributed by atoms with Gasteiger partial charge in [-0.15, -0.1) is 0 Å². The number of amides is 2. The summed E-state index contributed by atoms with van der Waals surface area (Å²) in [7, 11) is 0. The smallest absolute Gasteiger partial charge is 0.289 e. The van der Waals surface area contributed by atoms with Gasteiger partial charge in [0.15, 0.2) is 5.76 Å². The van der Waals surface area contributed by atoms with E-state index in [1.54, 1.807) is 34.1 Å². The summed E-state index contributed by atoms with van der Waals surface area (Å²) in [4.78, 5) is 34.7. The highest BCUT2D eigenvalue weighted by Gasteiger charge is 2.29. The maximum Gasteiger partial charge on any atom is 0.289 e. The van der Waals surface area contributed by atoms with E-state index < -0.39 is 0 Å². The van der Waals surface area contributed by atoms with Crippen LogP contribution in [0.1, 0.15) is 26.5 Å². The van der Waals surface area contributed by atoms with Crippen molar-refractivity contribution in [2.24, 2.45) is 0 Å². The number of benzene rings is 2. The van der Waals surface area contributed by atoms with Crippen LogP contribution >= 0.6 is 23.2 Å². The van der Waals surface area contributed by atoms with Crippen LogP contribution < -0.4 is 0 Å². The third-order valence-electron chi connectivity index (χ3n) is 6.12. The summed E-state index contributed by atoms with van der Waals surface area (Å²) in [6.45, 7) is 3.62. The Hall–Kier alpha value is -3.35. The molecule has 0 atom stereocenters. The van der Waals surface area contributed by atoms with E-state index >= 15 is 0 Å². The lowest BCUT2D eigenvalue weighted by molar-refractivity contribution is 0.0518. The summed E-state index contributed by atoms with van der Waals surface area (Å²) in [5, 5.41) is 1.79. The molecule has 34 heavy (non-hydrogen) atoms. The molecule has 1 fully saturated rings. The molecular formula is C26H21Cl2N3O3. The number of carbonyl (C=O) groups excluding carboxylic acids is 2. The van der Waals surface area contributed by atoms with Gasteiger partial charge in [0, 0.05) is 42.2 Å². The Kier molecular flexibility index (Phi) is 6.02. The van der Waals surface area contributed by atoms with Crippen LogP contribution in [-0.2, 0) is 0 Å². The largest absolute Gasteiger partial charge is 0.459 e. The third-order valence-corrected chi connectivity index (χ3v) is 6.67. The molecule has 1 aliphatic rings. The number of halogens is 2. The van der Waals surface area contributed by atoms with Crippen LogP contribution in [0.2, 0.25) is 10.0 Å². The van der Waals surface area contributed by atoms with Crippen LogP contribution in [-0.4, -0.2) is 52.8 Å². The van der Waals surface area contributed by atoms with E-state index in [1.165, 1.54) is 6.26 Å². The summed E-state index contributed by atoms with van der Waals surface area (Å²) in [5.41, 5.74) is 3.43. The number of pyridine rings is 1. The third kappa shape index (κ3) is 4.04. The summed E-state index contributed by atoms with van der Waals surface area (Å²) in [6, 6.07) is 16.2. The Bertz CT molecular complexity index is 1390. The molecule has 0 radical (unpaired) electrons. The number of rotatable bonds is 3. The summed E-state index contributed by atoms with van der Waals surface area (Å²) < 4.78 is 5.23. The van der Waals surface area contributed by atoms with Crippen molar-refractivity contribution in [2.75, 3.05) is 26.2 Å². The van der Waals surface area contributed by atoms with Gasteiger partial charge in [0.05, 0.1) is 28.1 Å². The van der Waals surface area contributed by atoms with E-state index in [1.807, 2.05) is 37.3 Å². The molecule has 2 amide bonds. The van der Waals surface area contributed by atoms with Crippen LogP contribution in [0.3, 0.4) is 0 Å². The van der Waals surface area contributed by atoms with Crippen molar-refractivity contribution in [3.8, 4) is 11.3 Å². The van der Waals surface area contributed by atoms with Gasteiger partial charge in [0.25, 0.3) is 11.8 Å². The molecule has 0 N–H and O–H groups in total. The second kappa shape index (κ2) is 9.12. The lowest BCUT2D eigenvalue weighted by Crippen LogP contribution is -2.50. The lowest BCUT2D eigenvalue weighted by atomic mass is 9.96. The molecule has 2 aromatic carbocycles. The zero-order valence-electron chi connectivity index (χ0n) is 18.4. The topological polar surface area (TPSA) is 66.7 Å². The van der Waals surface area contributed by atoms with E-state index in [0.29, 0.717) is 58.8 Å². The fraction of sp³-hybridized carbons (Fsp3) is 0.192. The van der Waals surface area contributed by atoms with Crippen LogP contribution in [0, 0.1) is 6.92 Å². The number of furan rings is 1. The first kappa shape index (κ1) is 22.4. The van der Waals surface area contributed by atoms with Gasteiger partial charge in [-0.25, -0.2) is 4.98 Å². The minimum absolute atomic E-state index is 0.0902. The van der Waals surface area contributed by atoms with E-state index in [2.05, 4.69) is 0 Å². The Balaban J connectivity index is 1.49. The van der Waals surface area contributed by atoms with Crippen LogP contribution in [0.15, 0.2) is 65.3 Å². The molecule has 1 saturated heterocycles. The Morgan fingerprint density at radius 1 is 0.912 bits per heavy atom. The normalized spacial score (nSPS) is 14.0. The van der Waals surface area contributed by atoms with Gasteiger partial charge < -0.3 is 14.2 Å². The van der Waals surface area contributed by atoms with E-state index in [9.17, 15) is 9.59 Å². The number of piperazine rings is 1. The monoisotopic (exact) mass is 493 g/mol. The van der Waals surface area contributed by atoms with Gasteiger partial charge in [0.2, 0.25) is 0 Å². The number of carbonyl (C=O) groups is 2. The maximum absolute atomic E-state index is 13.8. The molecule has 5 rings (SSSR count). The number of aromatic nitrogens is 1. The molecule has 4 aromatic rings. The number of hydrogen-bond acceptors (Lipinski definition) is 4. The average molecular weight is 494 g/mol.